The van der Waals surface area contributed by atoms with E-state index in [0.717, 1.165) is 5.56 Å². The maximum atomic E-state index is 12.3. The number of hydrogen-bond acceptors (Lipinski definition) is 5. The van der Waals surface area contributed by atoms with Crippen molar-refractivity contribution >= 4 is 23.5 Å². The second-order valence-electron chi connectivity index (χ2n) is 5.73. The number of amides is 1. The fourth-order valence-corrected chi connectivity index (χ4v) is 2.81. The van der Waals surface area contributed by atoms with Crippen LogP contribution in [0.15, 0.2) is 48.5 Å². The van der Waals surface area contributed by atoms with Gasteiger partial charge in [-0.25, -0.2) is 4.79 Å². The van der Waals surface area contributed by atoms with E-state index in [1.165, 1.54) is 7.11 Å². The van der Waals surface area contributed by atoms with Crippen molar-refractivity contribution in [3.05, 3.63) is 59.7 Å². The van der Waals surface area contributed by atoms with Crippen LogP contribution in [0.1, 0.15) is 34.7 Å². The predicted octanol–water partition coefficient (Wildman–Crippen LogP) is 2.89. The molecular formula is C19H17NO5. The van der Waals surface area contributed by atoms with E-state index in [2.05, 4.69) is 10.1 Å². The first-order valence-electron chi connectivity index (χ1n) is 7.84. The third-order valence-corrected chi connectivity index (χ3v) is 4.02. The number of carbonyl (C=O) groups excluding carboxylic acids is 3. The zero-order valence-electron chi connectivity index (χ0n) is 13.7. The van der Waals surface area contributed by atoms with Gasteiger partial charge in [-0.3, -0.25) is 9.59 Å². The Kier molecular flexibility index (Phi) is 4.79. The Balaban J connectivity index is 1.67. The molecule has 1 aliphatic heterocycles. The zero-order chi connectivity index (χ0) is 17.8. The molecule has 0 radical (unpaired) electrons. The lowest BCUT2D eigenvalue weighted by molar-refractivity contribution is -0.136. The predicted molar refractivity (Wildman–Crippen MR) is 90.5 cm³/mol. The Hall–Kier alpha value is -3.15. The average Bonchev–Trinajstić information content (AvgIpc) is 2.61. The lowest BCUT2D eigenvalue weighted by atomic mass is 9.89. The molecule has 1 atom stereocenters. The van der Waals surface area contributed by atoms with Crippen LogP contribution in [-0.4, -0.2) is 25.0 Å². The molecule has 0 unspecified atom stereocenters. The molecule has 0 saturated heterocycles. The summed E-state index contributed by atoms with van der Waals surface area (Å²) in [6.07, 6.45) is 0.344. The molecule has 1 amide bonds. The van der Waals surface area contributed by atoms with Crippen LogP contribution in [0.5, 0.6) is 5.75 Å². The lowest BCUT2D eigenvalue weighted by Gasteiger charge is -2.23. The van der Waals surface area contributed by atoms with Crippen LogP contribution in [0.2, 0.25) is 0 Å². The first kappa shape index (κ1) is 16.7. The summed E-state index contributed by atoms with van der Waals surface area (Å²) in [5.74, 6) is -0.680. The van der Waals surface area contributed by atoms with Crippen LogP contribution >= 0.6 is 0 Å². The summed E-state index contributed by atoms with van der Waals surface area (Å²) in [4.78, 5) is 35.4. The molecule has 2 aromatic rings. The third-order valence-electron chi connectivity index (χ3n) is 4.02. The SMILES string of the molecule is COC(=O)c1ccc(NC(=O)C[C@@H]2CC(=O)Oc3ccccc32)cc1. The molecule has 0 spiro atoms. The summed E-state index contributed by atoms with van der Waals surface area (Å²) >= 11 is 0. The van der Waals surface area contributed by atoms with E-state index >= 15 is 0 Å². The number of carbonyl (C=O) groups is 3. The van der Waals surface area contributed by atoms with E-state index in [1.807, 2.05) is 12.1 Å². The Labute approximate surface area is 144 Å². The molecule has 1 N–H and O–H groups in total. The number of hydrogen-bond donors (Lipinski definition) is 1. The summed E-state index contributed by atoms with van der Waals surface area (Å²) in [7, 11) is 1.31. The van der Waals surface area contributed by atoms with Crippen molar-refractivity contribution in [2.45, 2.75) is 18.8 Å². The lowest BCUT2D eigenvalue weighted by Crippen LogP contribution is -2.24. The van der Waals surface area contributed by atoms with Crippen LogP contribution in [0, 0.1) is 0 Å². The quantitative estimate of drug-likeness (QED) is 0.684. The Morgan fingerprint density at radius 2 is 1.88 bits per heavy atom. The number of nitrogens with one attached hydrogen (secondary N) is 1. The molecule has 6 heteroatoms. The van der Waals surface area contributed by atoms with Gasteiger partial charge >= 0.3 is 11.9 Å². The molecule has 128 valence electrons. The minimum atomic E-state index is -0.435. The Morgan fingerprint density at radius 1 is 1.16 bits per heavy atom. The second-order valence-corrected chi connectivity index (χ2v) is 5.73. The maximum absolute atomic E-state index is 12.3. The summed E-state index contributed by atoms with van der Waals surface area (Å²) in [5.41, 5.74) is 1.84. The zero-order valence-corrected chi connectivity index (χ0v) is 13.7. The van der Waals surface area contributed by atoms with Crippen LogP contribution in [-0.2, 0) is 14.3 Å². The summed E-state index contributed by atoms with van der Waals surface area (Å²) < 4.78 is 9.82. The largest absolute Gasteiger partial charge is 0.465 e. The fourth-order valence-electron chi connectivity index (χ4n) is 2.81. The van der Waals surface area contributed by atoms with Crippen molar-refractivity contribution in [3.8, 4) is 5.75 Å². The molecule has 2 aromatic carbocycles. The van der Waals surface area contributed by atoms with Crippen molar-refractivity contribution in [3.63, 3.8) is 0 Å². The van der Waals surface area contributed by atoms with E-state index < -0.39 is 5.97 Å². The van der Waals surface area contributed by atoms with E-state index in [9.17, 15) is 14.4 Å². The number of para-hydroxylation sites is 1. The van der Waals surface area contributed by atoms with E-state index in [-0.39, 0.29) is 30.6 Å². The van der Waals surface area contributed by atoms with Crippen LogP contribution in [0.3, 0.4) is 0 Å². The number of rotatable bonds is 4. The molecule has 0 fully saturated rings. The van der Waals surface area contributed by atoms with Gasteiger partial charge in [-0.1, -0.05) is 18.2 Å². The minimum Gasteiger partial charge on any atom is -0.465 e. The molecule has 0 aromatic heterocycles. The van der Waals surface area contributed by atoms with Gasteiger partial charge in [0.15, 0.2) is 0 Å². The smallest absolute Gasteiger partial charge is 0.337 e. The van der Waals surface area contributed by atoms with Gasteiger partial charge in [0.05, 0.1) is 19.1 Å². The maximum Gasteiger partial charge on any atom is 0.337 e. The van der Waals surface area contributed by atoms with Crippen molar-refractivity contribution in [2.24, 2.45) is 0 Å². The first-order chi connectivity index (χ1) is 12.1. The number of esters is 2. The molecule has 1 aliphatic rings. The highest BCUT2D eigenvalue weighted by molar-refractivity contribution is 5.93. The second kappa shape index (κ2) is 7.17. The highest BCUT2D eigenvalue weighted by Crippen LogP contribution is 2.36. The molecular weight excluding hydrogens is 322 g/mol. The number of fused-ring (bicyclic) bond motifs is 1. The van der Waals surface area contributed by atoms with Crippen molar-refractivity contribution in [1.29, 1.82) is 0 Å². The molecule has 0 saturated carbocycles. The first-order valence-corrected chi connectivity index (χ1v) is 7.84. The monoisotopic (exact) mass is 339 g/mol. The van der Waals surface area contributed by atoms with Gasteiger partial charge in [-0.2, -0.15) is 0 Å². The normalized spacial score (nSPS) is 15.7. The van der Waals surface area contributed by atoms with Crippen molar-refractivity contribution in [2.75, 3.05) is 12.4 Å². The van der Waals surface area contributed by atoms with Gasteiger partial charge in [-0.05, 0) is 35.9 Å². The molecule has 6 nitrogen and oxygen atoms in total. The van der Waals surface area contributed by atoms with Gasteiger partial charge in [0.2, 0.25) is 5.91 Å². The van der Waals surface area contributed by atoms with Gasteiger partial charge in [-0.15, -0.1) is 0 Å². The third kappa shape index (κ3) is 3.85. The fraction of sp³-hybridized carbons (Fsp3) is 0.211. The molecule has 0 bridgehead atoms. The molecule has 25 heavy (non-hydrogen) atoms. The van der Waals surface area contributed by atoms with Crippen LogP contribution < -0.4 is 10.1 Å². The Morgan fingerprint density at radius 3 is 2.60 bits per heavy atom. The molecule has 1 heterocycles. The van der Waals surface area contributed by atoms with Gasteiger partial charge in [0.25, 0.3) is 0 Å². The summed E-state index contributed by atoms with van der Waals surface area (Å²) in [6.45, 7) is 0. The number of methoxy groups -OCH3 is 1. The van der Waals surface area contributed by atoms with Gasteiger partial charge in [0, 0.05) is 18.0 Å². The van der Waals surface area contributed by atoms with E-state index in [4.69, 9.17) is 4.74 Å². The highest BCUT2D eigenvalue weighted by atomic mass is 16.5. The van der Waals surface area contributed by atoms with Gasteiger partial charge in [0.1, 0.15) is 5.75 Å². The number of anilines is 1. The minimum absolute atomic E-state index is 0.171. The topological polar surface area (TPSA) is 81.7 Å². The van der Waals surface area contributed by atoms with Crippen LogP contribution in [0.4, 0.5) is 5.69 Å². The Bertz CT molecular complexity index is 813. The number of ether oxygens (including phenoxy) is 2. The average molecular weight is 339 g/mol. The van der Waals surface area contributed by atoms with E-state index in [0.29, 0.717) is 17.0 Å². The summed E-state index contributed by atoms with van der Waals surface area (Å²) in [5, 5.41) is 2.78. The van der Waals surface area contributed by atoms with Crippen LogP contribution in [0.25, 0.3) is 0 Å². The molecule has 0 aliphatic carbocycles. The molecule has 3 rings (SSSR count). The number of benzene rings is 2. The summed E-state index contributed by atoms with van der Waals surface area (Å²) in [6, 6.07) is 13.7. The highest BCUT2D eigenvalue weighted by Gasteiger charge is 2.28. The van der Waals surface area contributed by atoms with E-state index in [1.54, 1.807) is 36.4 Å². The van der Waals surface area contributed by atoms with Crippen molar-refractivity contribution in [1.82, 2.24) is 0 Å². The van der Waals surface area contributed by atoms with Crippen molar-refractivity contribution < 1.29 is 23.9 Å². The standard InChI is InChI=1S/C19H17NO5/c1-24-19(23)12-6-8-14(9-7-12)20-17(21)10-13-11-18(22)25-16-5-3-2-4-15(13)16/h2-9,13H,10-11H2,1H3,(H,20,21)/t13-/m1/s1. The van der Waals surface area contributed by atoms with Gasteiger partial charge < -0.3 is 14.8 Å².